The number of hydrogen-bond donors (Lipinski definition) is 1. The summed E-state index contributed by atoms with van der Waals surface area (Å²) >= 11 is 0. The third-order valence-corrected chi connectivity index (χ3v) is 5.36. The van der Waals surface area contributed by atoms with Crippen molar-refractivity contribution in [2.24, 2.45) is 17.8 Å². The van der Waals surface area contributed by atoms with Crippen molar-refractivity contribution < 1.29 is 14.6 Å². The number of unbranched alkanes of at least 4 members (excludes halogenated alkanes) is 1. The SMILES string of the molecule is O=C(O)CCCC=CC[C@H]1[C@H]2CC[C@H](C2)[C@H]1Oc1ccccc1. The fourth-order valence-corrected chi connectivity index (χ4v) is 4.27. The Labute approximate surface area is 138 Å². The minimum atomic E-state index is -0.706. The molecule has 3 nitrogen and oxygen atoms in total. The van der Waals surface area contributed by atoms with E-state index in [1.54, 1.807) is 0 Å². The molecule has 0 aliphatic heterocycles. The van der Waals surface area contributed by atoms with E-state index in [1.807, 2.05) is 30.3 Å². The highest BCUT2D eigenvalue weighted by Gasteiger charge is 2.48. The molecule has 0 heterocycles. The minimum absolute atomic E-state index is 0.262. The van der Waals surface area contributed by atoms with Crippen LogP contribution in [0.5, 0.6) is 5.75 Å². The highest BCUT2D eigenvalue weighted by Crippen LogP contribution is 2.51. The van der Waals surface area contributed by atoms with Crippen molar-refractivity contribution in [2.75, 3.05) is 0 Å². The lowest BCUT2D eigenvalue weighted by Crippen LogP contribution is -2.32. The molecule has 1 aromatic carbocycles. The fourth-order valence-electron chi connectivity index (χ4n) is 4.27. The van der Waals surface area contributed by atoms with Gasteiger partial charge in [-0.05, 0) is 62.5 Å². The molecular weight excluding hydrogens is 288 g/mol. The number of ether oxygens (including phenoxy) is 1. The van der Waals surface area contributed by atoms with E-state index in [-0.39, 0.29) is 6.42 Å². The topological polar surface area (TPSA) is 46.5 Å². The van der Waals surface area contributed by atoms with E-state index in [9.17, 15) is 4.79 Å². The molecule has 124 valence electrons. The number of allylic oxidation sites excluding steroid dienone is 2. The summed E-state index contributed by atoms with van der Waals surface area (Å²) < 4.78 is 6.32. The Kier molecular flexibility index (Phi) is 5.37. The zero-order valence-electron chi connectivity index (χ0n) is 13.6. The lowest BCUT2D eigenvalue weighted by atomic mass is 9.84. The molecule has 2 aliphatic carbocycles. The summed E-state index contributed by atoms with van der Waals surface area (Å²) in [5.41, 5.74) is 0. The van der Waals surface area contributed by atoms with Crippen molar-refractivity contribution in [3.63, 3.8) is 0 Å². The lowest BCUT2D eigenvalue weighted by Gasteiger charge is -2.31. The van der Waals surface area contributed by atoms with Crippen LogP contribution in [-0.2, 0) is 4.79 Å². The van der Waals surface area contributed by atoms with Crippen molar-refractivity contribution in [1.29, 1.82) is 0 Å². The largest absolute Gasteiger partial charge is 0.490 e. The molecule has 0 spiro atoms. The first-order valence-corrected chi connectivity index (χ1v) is 8.82. The first-order valence-electron chi connectivity index (χ1n) is 8.82. The Hall–Kier alpha value is -1.77. The lowest BCUT2D eigenvalue weighted by molar-refractivity contribution is -0.137. The molecule has 0 aromatic heterocycles. The Balaban J connectivity index is 1.52. The highest BCUT2D eigenvalue weighted by atomic mass is 16.5. The zero-order valence-corrected chi connectivity index (χ0v) is 13.6. The summed E-state index contributed by atoms with van der Waals surface area (Å²) in [6, 6.07) is 10.2. The number of aliphatic carboxylic acids is 1. The van der Waals surface area contributed by atoms with Gasteiger partial charge in [0.15, 0.2) is 0 Å². The smallest absolute Gasteiger partial charge is 0.303 e. The van der Waals surface area contributed by atoms with Gasteiger partial charge < -0.3 is 9.84 Å². The van der Waals surface area contributed by atoms with Crippen molar-refractivity contribution in [3.05, 3.63) is 42.5 Å². The van der Waals surface area contributed by atoms with Gasteiger partial charge in [0.25, 0.3) is 0 Å². The molecule has 3 heteroatoms. The minimum Gasteiger partial charge on any atom is -0.490 e. The molecule has 2 saturated carbocycles. The van der Waals surface area contributed by atoms with Crippen LogP contribution in [0, 0.1) is 17.8 Å². The van der Waals surface area contributed by atoms with Crippen LogP contribution < -0.4 is 4.74 Å². The summed E-state index contributed by atoms with van der Waals surface area (Å²) in [7, 11) is 0. The van der Waals surface area contributed by atoms with E-state index in [1.165, 1.54) is 19.3 Å². The van der Waals surface area contributed by atoms with Crippen LogP contribution in [0.3, 0.4) is 0 Å². The average molecular weight is 314 g/mol. The molecule has 0 radical (unpaired) electrons. The van der Waals surface area contributed by atoms with Crippen molar-refractivity contribution in [2.45, 2.75) is 51.0 Å². The number of para-hydroxylation sites is 1. The monoisotopic (exact) mass is 314 g/mol. The summed E-state index contributed by atoms with van der Waals surface area (Å²) in [6.45, 7) is 0. The van der Waals surface area contributed by atoms with Gasteiger partial charge in [0.05, 0.1) is 0 Å². The third-order valence-electron chi connectivity index (χ3n) is 5.36. The maximum atomic E-state index is 10.5. The Morgan fingerprint density at radius 1 is 1.17 bits per heavy atom. The Morgan fingerprint density at radius 3 is 2.74 bits per heavy atom. The van der Waals surface area contributed by atoms with E-state index in [0.29, 0.717) is 17.9 Å². The van der Waals surface area contributed by atoms with Gasteiger partial charge in [0.2, 0.25) is 0 Å². The van der Waals surface area contributed by atoms with Crippen molar-refractivity contribution in [3.8, 4) is 5.75 Å². The third kappa shape index (κ3) is 4.15. The van der Waals surface area contributed by atoms with Gasteiger partial charge >= 0.3 is 5.97 Å². The molecule has 4 atom stereocenters. The van der Waals surface area contributed by atoms with Crippen molar-refractivity contribution >= 4 is 5.97 Å². The second-order valence-electron chi connectivity index (χ2n) is 6.89. The molecule has 3 rings (SSSR count). The molecule has 0 unspecified atom stereocenters. The normalized spacial score (nSPS) is 29.2. The van der Waals surface area contributed by atoms with Crippen LogP contribution in [0.15, 0.2) is 42.5 Å². The Morgan fingerprint density at radius 2 is 1.96 bits per heavy atom. The molecule has 0 amide bonds. The molecule has 0 saturated heterocycles. The predicted octanol–water partition coefficient (Wildman–Crippen LogP) is 4.68. The van der Waals surface area contributed by atoms with E-state index >= 15 is 0 Å². The van der Waals surface area contributed by atoms with Gasteiger partial charge in [-0.2, -0.15) is 0 Å². The number of carbonyl (C=O) groups is 1. The average Bonchev–Trinajstić information content (AvgIpc) is 3.14. The fraction of sp³-hybridized carbons (Fsp3) is 0.550. The number of carboxylic acid groups (broad SMARTS) is 1. The van der Waals surface area contributed by atoms with Crippen LogP contribution in [0.25, 0.3) is 0 Å². The molecule has 2 aliphatic rings. The van der Waals surface area contributed by atoms with Crippen molar-refractivity contribution in [1.82, 2.24) is 0 Å². The number of fused-ring (bicyclic) bond motifs is 2. The Bertz CT molecular complexity index is 537. The zero-order chi connectivity index (χ0) is 16.1. The van der Waals surface area contributed by atoms with E-state index < -0.39 is 5.97 Å². The molecule has 2 fully saturated rings. The predicted molar refractivity (Wildman–Crippen MR) is 90.4 cm³/mol. The first kappa shape index (κ1) is 16.1. The van der Waals surface area contributed by atoms with Gasteiger partial charge in [-0.3, -0.25) is 4.79 Å². The van der Waals surface area contributed by atoms with Crippen LogP contribution in [0.2, 0.25) is 0 Å². The summed E-state index contributed by atoms with van der Waals surface area (Å²) in [6.07, 6.45) is 11.6. The van der Waals surface area contributed by atoms with Crippen LogP contribution in [0.1, 0.15) is 44.9 Å². The van der Waals surface area contributed by atoms with Gasteiger partial charge in [-0.1, -0.05) is 30.4 Å². The number of rotatable bonds is 8. The molecule has 2 bridgehead atoms. The first-order chi connectivity index (χ1) is 11.2. The number of hydrogen-bond acceptors (Lipinski definition) is 2. The maximum absolute atomic E-state index is 10.5. The molecule has 1 N–H and O–H groups in total. The highest BCUT2D eigenvalue weighted by molar-refractivity contribution is 5.66. The van der Waals surface area contributed by atoms with E-state index in [4.69, 9.17) is 9.84 Å². The van der Waals surface area contributed by atoms with E-state index in [0.717, 1.165) is 30.9 Å². The summed E-state index contributed by atoms with van der Waals surface area (Å²) in [5.74, 6) is 2.41. The van der Waals surface area contributed by atoms with Gasteiger partial charge in [0.1, 0.15) is 11.9 Å². The summed E-state index contributed by atoms with van der Waals surface area (Å²) in [4.78, 5) is 10.5. The number of benzene rings is 1. The van der Waals surface area contributed by atoms with Crippen LogP contribution >= 0.6 is 0 Å². The maximum Gasteiger partial charge on any atom is 0.303 e. The van der Waals surface area contributed by atoms with E-state index in [2.05, 4.69) is 12.2 Å². The summed E-state index contributed by atoms with van der Waals surface area (Å²) in [5, 5.41) is 8.65. The van der Waals surface area contributed by atoms with Gasteiger partial charge in [-0.15, -0.1) is 0 Å². The molecule has 23 heavy (non-hydrogen) atoms. The standard InChI is InChI=1S/C20H26O3/c21-19(22)11-7-2-1-6-10-18-15-12-13-16(14-15)20(18)23-17-8-4-3-5-9-17/h1,3-6,8-9,15-16,18,20H,2,7,10-14H2,(H,21,22)/t15-,16+,18-,20+/m0/s1. The second-order valence-corrected chi connectivity index (χ2v) is 6.89. The van der Waals surface area contributed by atoms with Gasteiger partial charge in [-0.25, -0.2) is 0 Å². The van der Waals surface area contributed by atoms with Crippen LogP contribution in [0.4, 0.5) is 0 Å². The van der Waals surface area contributed by atoms with Crippen LogP contribution in [-0.4, -0.2) is 17.2 Å². The molecule has 1 aromatic rings. The second kappa shape index (κ2) is 7.67. The molecular formula is C20H26O3. The number of carboxylic acids is 1. The van der Waals surface area contributed by atoms with Gasteiger partial charge in [0, 0.05) is 12.3 Å². The quantitative estimate of drug-likeness (QED) is 0.560.